The molecule has 0 saturated heterocycles. The van der Waals surface area contributed by atoms with E-state index < -0.39 is 5.82 Å². The predicted octanol–water partition coefficient (Wildman–Crippen LogP) is 5.03. The lowest BCUT2D eigenvalue weighted by atomic mass is 10.1. The molecule has 7 heteroatoms. The minimum Gasteiger partial charge on any atom is -0.338 e. The normalized spacial score (nSPS) is 11.1. The van der Waals surface area contributed by atoms with Crippen molar-refractivity contribution in [1.29, 1.82) is 0 Å². The number of nitrogens with one attached hydrogen (secondary N) is 1. The summed E-state index contributed by atoms with van der Waals surface area (Å²) in [6.07, 6.45) is 5.97. The second-order valence-electron chi connectivity index (χ2n) is 6.44. The van der Waals surface area contributed by atoms with Crippen LogP contribution in [0.5, 0.6) is 0 Å². The van der Waals surface area contributed by atoms with Gasteiger partial charge < -0.3 is 4.98 Å². The highest BCUT2D eigenvalue weighted by Gasteiger charge is 2.18. The summed E-state index contributed by atoms with van der Waals surface area (Å²) in [6.45, 7) is 0. The molecule has 0 aliphatic heterocycles. The molecule has 0 radical (unpaired) electrons. The molecule has 1 aromatic carbocycles. The van der Waals surface area contributed by atoms with Gasteiger partial charge in [0.15, 0.2) is 11.5 Å². The van der Waals surface area contributed by atoms with E-state index >= 15 is 0 Å². The molecular formula is C22H13F2N5. The summed E-state index contributed by atoms with van der Waals surface area (Å²) in [4.78, 5) is 20.6. The van der Waals surface area contributed by atoms with Gasteiger partial charge in [-0.1, -0.05) is 0 Å². The van der Waals surface area contributed by atoms with Crippen LogP contribution in [0.4, 0.5) is 8.78 Å². The first-order valence-electron chi connectivity index (χ1n) is 8.86. The number of H-pyrrole nitrogens is 1. The molecule has 29 heavy (non-hydrogen) atoms. The summed E-state index contributed by atoms with van der Waals surface area (Å²) in [6, 6.07) is 13.1. The van der Waals surface area contributed by atoms with Gasteiger partial charge in [0.2, 0.25) is 0 Å². The number of hydrogen-bond acceptors (Lipinski definition) is 4. The van der Waals surface area contributed by atoms with Gasteiger partial charge in [-0.05, 0) is 54.1 Å². The average Bonchev–Trinajstić information content (AvgIpc) is 3.17. The number of fused-ring (bicyclic) bond motifs is 1. The van der Waals surface area contributed by atoms with Crippen LogP contribution in [0.1, 0.15) is 0 Å². The topological polar surface area (TPSA) is 67.3 Å². The van der Waals surface area contributed by atoms with Crippen molar-refractivity contribution in [3.8, 4) is 33.8 Å². The molecule has 0 bridgehead atoms. The van der Waals surface area contributed by atoms with Crippen LogP contribution in [0.25, 0.3) is 44.9 Å². The second kappa shape index (κ2) is 6.87. The van der Waals surface area contributed by atoms with Crippen molar-refractivity contribution in [3.63, 3.8) is 0 Å². The fourth-order valence-corrected chi connectivity index (χ4v) is 3.19. The van der Waals surface area contributed by atoms with E-state index in [1.807, 2.05) is 12.1 Å². The SMILES string of the molecule is Fc1ccc(-c2cc3nc(-c4ccncc4F)c(-c4cccnc4)nc3[nH]2)cc1. The Morgan fingerprint density at radius 2 is 1.59 bits per heavy atom. The molecule has 0 amide bonds. The van der Waals surface area contributed by atoms with Gasteiger partial charge in [0.05, 0.1) is 6.20 Å². The Balaban J connectivity index is 1.75. The highest BCUT2D eigenvalue weighted by atomic mass is 19.1. The molecule has 1 N–H and O–H groups in total. The molecule has 0 aliphatic carbocycles. The highest BCUT2D eigenvalue weighted by Crippen LogP contribution is 2.33. The standard InChI is InChI=1S/C22H13F2N5/c23-15-5-3-13(4-6-15)18-10-19-22(28-18)29-20(14-2-1-8-25-11-14)21(27-19)16-7-9-26-12-17(16)24/h1-12H,(H,28,29). The minimum absolute atomic E-state index is 0.304. The van der Waals surface area contributed by atoms with Crippen LogP contribution in [0.15, 0.2) is 73.3 Å². The summed E-state index contributed by atoms with van der Waals surface area (Å²) in [5, 5.41) is 0. The Hall–Kier alpha value is -4.00. The van der Waals surface area contributed by atoms with Gasteiger partial charge >= 0.3 is 0 Å². The number of rotatable bonds is 3. The van der Waals surface area contributed by atoms with Crippen molar-refractivity contribution >= 4 is 11.2 Å². The zero-order chi connectivity index (χ0) is 19.8. The first-order valence-corrected chi connectivity index (χ1v) is 8.86. The largest absolute Gasteiger partial charge is 0.338 e. The van der Waals surface area contributed by atoms with E-state index in [1.54, 1.807) is 36.7 Å². The van der Waals surface area contributed by atoms with Crippen molar-refractivity contribution in [2.45, 2.75) is 0 Å². The monoisotopic (exact) mass is 385 g/mol. The molecule has 0 saturated carbocycles. The van der Waals surface area contributed by atoms with E-state index in [1.165, 1.54) is 18.3 Å². The second-order valence-corrected chi connectivity index (χ2v) is 6.44. The zero-order valence-corrected chi connectivity index (χ0v) is 15.0. The molecule has 5 nitrogen and oxygen atoms in total. The first-order chi connectivity index (χ1) is 14.2. The summed E-state index contributed by atoms with van der Waals surface area (Å²) in [5.41, 5.74) is 4.57. The highest BCUT2D eigenvalue weighted by molar-refractivity contribution is 5.87. The van der Waals surface area contributed by atoms with Crippen molar-refractivity contribution in [1.82, 2.24) is 24.9 Å². The Morgan fingerprint density at radius 3 is 2.34 bits per heavy atom. The van der Waals surface area contributed by atoms with E-state index in [-0.39, 0.29) is 5.82 Å². The number of pyridine rings is 2. The van der Waals surface area contributed by atoms with Crippen LogP contribution >= 0.6 is 0 Å². The maximum Gasteiger partial charge on any atom is 0.157 e. The smallest absolute Gasteiger partial charge is 0.157 e. The summed E-state index contributed by atoms with van der Waals surface area (Å²) in [7, 11) is 0. The van der Waals surface area contributed by atoms with Crippen molar-refractivity contribution in [2.24, 2.45) is 0 Å². The Morgan fingerprint density at radius 1 is 0.759 bits per heavy atom. The Labute approximate surface area is 164 Å². The predicted molar refractivity (Wildman–Crippen MR) is 106 cm³/mol. The van der Waals surface area contributed by atoms with Crippen LogP contribution in [0, 0.1) is 11.6 Å². The molecule has 0 spiro atoms. The van der Waals surface area contributed by atoms with Gasteiger partial charge in [0, 0.05) is 35.4 Å². The van der Waals surface area contributed by atoms with Crippen molar-refractivity contribution < 1.29 is 8.78 Å². The fourth-order valence-electron chi connectivity index (χ4n) is 3.19. The molecule has 0 fully saturated rings. The zero-order valence-electron chi connectivity index (χ0n) is 15.0. The third-order valence-electron chi connectivity index (χ3n) is 4.57. The first kappa shape index (κ1) is 17.1. The van der Waals surface area contributed by atoms with E-state index in [4.69, 9.17) is 4.98 Å². The Kier molecular flexibility index (Phi) is 4.05. The summed E-state index contributed by atoms with van der Waals surface area (Å²) < 4.78 is 27.7. The van der Waals surface area contributed by atoms with Crippen LogP contribution in [-0.4, -0.2) is 24.9 Å². The number of hydrogen-bond donors (Lipinski definition) is 1. The Bertz CT molecular complexity index is 1310. The molecule has 140 valence electrons. The summed E-state index contributed by atoms with van der Waals surface area (Å²) in [5.74, 6) is -0.795. The average molecular weight is 385 g/mol. The molecule has 4 aromatic heterocycles. The maximum absolute atomic E-state index is 14.5. The van der Waals surface area contributed by atoms with E-state index in [0.717, 1.165) is 17.5 Å². The number of aromatic amines is 1. The summed E-state index contributed by atoms with van der Waals surface area (Å²) >= 11 is 0. The van der Waals surface area contributed by atoms with Crippen LogP contribution in [0.3, 0.4) is 0 Å². The minimum atomic E-state index is -0.486. The van der Waals surface area contributed by atoms with Gasteiger partial charge in [-0.15, -0.1) is 0 Å². The third kappa shape index (κ3) is 3.12. The van der Waals surface area contributed by atoms with E-state index in [9.17, 15) is 8.78 Å². The van der Waals surface area contributed by atoms with Gasteiger partial charge in [-0.2, -0.15) is 0 Å². The van der Waals surface area contributed by atoms with Crippen molar-refractivity contribution in [2.75, 3.05) is 0 Å². The lowest BCUT2D eigenvalue weighted by molar-refractivity contribution is 0.624. The molecule has 5 aromatic rings. The molecule has 4 heterocycles. The van der Waals surface area contributed by atoms with Gasteiger partial charge in [0.25, 0.3) is 0 Å². The maximum atomic E-state index is 14.5. The molecule has 0 aliphatic rings. The van der Waals surface area contributed by atoms with E-state index in [0.29, 0.717) is 33.7 Å². The fraction of sp³-hybridized carbons (Fsp3) is 0. The lowest BCUT2D eigenvalue weighted by Crippen LogP contribution is -1.97. The number of halogens is 2. The molecule has 0 atom stereocenters. The number of benzene rings is 1. The molecular weight excluding hydrogens is 372 g/mol. The van der Waals surface area contributed by atoms with Gasteiger partial charge in [0.1, 0.15) is 22.7 Å². The van der Waals surface area contributed by atoms with Crippen LogP contribution in [0.2, 0.25) is 0 Å². The van der Waals surface area contributed by atoms with Crippen molar-refractivity contribution in [3.05, 3.63) is 85.0 Å². The lowest BCUT2D eigenvalue weighted by Gasteiger charge is -2.09. The third-order valence-corrected chi connectivity index (χ3v) is 4.57. The van der Waals surface area contributed by atoms with Gasteiger partial charge in [-0.25, -0.2) is 18.7 Å². The van der Waals surface area contributed by atoms with Crippen LogP contribution < -0.4 is 0 Å². The number of aromatic nitrogens is 5. The molecule has 5 rings (SSSR count). The van der Waals surface area contributed by atoms with E-state index in [2.05, 4.69) is 19.9 Å². The number of nitrogens with zero attached hydrogens (tertiary/aromatic N) is 4. The quantitative estimate of drug-likeness (QED) is 0.473. The molecule has 0 unspecified atom stereocenters. The van der Waals surface area contributed by atoms with Crippen LogP contribution in [-0.2, 0) is 0 Å². The van der Waals surface area contributed by atoms with Gasteiger partial charge in [-0.3, -0.25) is 9.97 Å².